The van der Waals surface area contributed by atoms with Gasteiger partial charge in [0.05, 0.1) is 6.61 Å². The zero-order valence-corrected chi connectivity index (χ0v) is 14.2. The molecule has 0 radical (unpaired) electrons. The van der Waals surface area contributed by atoms with Crippen LogP contribution in [0.25, 0.3) is 0 Å². The molecule has 1 aliphatic heterocycles. The third kappa shape index (κ3) is 4.21. The van der Waals surface area contributed by atoms with Crippen molar-refractivity contribution >= 4 is 15.9 Å². The second kappa shape index (κ2) is 6.92. The molecule has 0 spiro atoms. The lowest BCUT2D eigenvalue weighted by Gasteiger charge is -2.25. The van der Waals surface area contributed by atoms with Crippen LogP contribution < -0.4 is 10.1 Å². The summed E-state index contributed by atoms with van der Waals surface area (Å²) in [6.45, 7) is 7.96. The topological polar surface area (TPSA) is 30.5 Å². The Morgan fingerprint density at radius 1 is 1.40 bits per heavy atom. The molecule has 0 aliphatic carbocycles. The smallest absolute Gasteiger partial charge is 0.127 e. The lowest BCUT2D eigenvalue weighted by atomic mass is 9.89. The van der Waals surface area contributed by atoms with Crippen LogP contribution in [-0.4, -0.2) is 26.9 Å². The van der Waals surface area contributed by atoms with Gasteiger partial charge in [0.1, 0.15) is 5.75 Å². The van der Waals surface area contributed by atoms with Crippen molar-refractivity contribution in [3.63, 3.8) is 0 Å². The van der Waals surface area contributed by atoms with Crippen molar-refractivity contribution in [1.82, 2.24) is 5.32 Å². The van der Waals surface area contributed by atoms with E-state index >= 15 is 0 Å². The predicted octanol–water partition coefficient (Wildman–Crippen LogP) is 3.54. The molecule has 0 fully saturated rings. The van der Waals surface area contributed by atoms with Crippen LogP contribution in [0.15, 0.2) is 16.6 Å². The summed E-state index contributed by atoms with van der Waals surface area (Å²) in [6, 6.07) is 4.31. The second-order valence-electron chi connectivity index (χ2n) is 6.16. The van der Waals surface area contributed by atoms with E-state index in [-0.39, 0.29) is 5.41 Å². The number of hydrogen-bond acceptors (Lipinski definition) is 3. The zero-order chi connectivity index (χ0) is 14.6. The molecule has 1 N–H and O–H groups in total. The van der Waals surface area contributed by atoms with E-state index in [1.807, 2.05) is 0 Å². The molecular formula is C16H24BrNO2. The monoisotopic (exact) mass is 341 g/mol. The predicted molar refractivity (Wildman–Crippen MR) is 85.3 cm³/mol. The van der Waals surface area contributed by atoms with Gasteiger partial charge in [-0.25, -0.2) is 0 Å². The van der Waals surface area contributed by atoms with Gasteiger partial charge in [-0.3, -0.25) is 0 Å². The lowest BCUT2D eigenvalue weighted by Crippen LogP contribution is -2.30. The SMILES string of the molecule is COCCC(C)(C)CNCc1cc(Br)cc2c1OCC2. The van der Waals surface area contributed by atoms with Crippen molar-refractivity contribution in [1.29, 1.82) is 0 Å². The molecule has 1 aromatic rings. The Morgan fingerprint density at radius 3 is 2.95 bits per heavy atom. The van der Waals surface area contributed by atoms with E-state index in [0.29, 0.717) is 0 Å². The first-order chi connectivity index (χ1) is 9.52. The van der Waals surface area contributed by atoms with Gasteiger partial charge in [-0.15, -0.1) is 0 Å². The number of fused-ring (bicyclic) bond motifs is 1. The van der Waals surface area contributed by atoms with E-state index in [1.54, 1.807) is 7.11 Å². The summed E-state index contributed by atoms with van der Waals surface area (Å²) in [5.41, 5.74) is 2.80. The van der Waals surface area contributed by atoms with Crippen molar-refractivity contribution in [2.75, 3.05) is 26.9 Å². The van der Waals surface area contributed by atoms with Crippen LogP contribution in [0.4, 0.5) is 0 Å². The van der Waals surface area contributed by atoms with Gasteiger partial charge in [0.2, 0.25) is 0 Å². The van der Waals surface area contributed by atoms with Crippen LogP contribution in [0.3, 0.4) is 0 Å². The molecule has 0 unspecified atom stereocenters. The fraction of sp³-hybridized carbons (Fsp3) is 0.625. The molecule has 1 aromatic carbocycles. The average molecular weight is 342 g/mol. The first-order valence-electron chi connectivity index (χ1n) is 7.15. The summed E-state index contributed by atoms with van der Waals surface area (Å²) in [5, 5.41) is 3.55. The van der Waals surface area contributed by atoms with Crippen LogP contribution in [0.1, 0.15) is 31.4 Å². The summed E-state index contributed by atoms with van der Waals surface area (Å²) in [5.74, 6) is 1.08. The van der Waals surface area contributed by atoms with Gasteiger partial charge in [0.15, 0.2) is 0 Å². The first-order valence-corrected chi connectivity index (χ1v) is 7.95. The van der Waals surface area contributed by atoms with E-state index in [2.05, 4.69) is 47.2 Å². The Kier molecular flexibility index (Phi) is 5.47. The van der Waals surface area contributed by atoms with Gasteiger partial charge in [-0.2, -0.15) is 0 Å². The highest BCUT2D eigenvalue weighted by molar-refractivity contribution is 9.10. The highest BCUT2D eigenvalue weighted by Gasteiger charge is 2.19. The number of benzene rings is 1. The Bertz CT molecular complexity index is 460. The number of methoxy groups -OCH3 is 1. The molecule has 1 aliphatic rings. The molecule has 2 rings (SSSR count). The summed E-state index contributed by atoms with van der Waals surface area (Å²) in [4.78, 5) is 0. The molecule has 0 saturated heterocycles. The maximum Gasteiger partial charge on any atom is 0.127 e. The minimum Gasteiger partial charge on any atom is -0.493 e. The Labute approximate surface area is 130 Å². The zero-order valence-electron chi connectivity index (χ0n) is 12.6. The highest BCUT2D eigenvalue weighted by Crippen LogP contribution is 2.33. The van der Waals surface area contributed by atoms with Gasteiger partial charge >= 0.3 is 0 Å². The lowest BCUT2D eigenvalue weighted by molar-refractivity contribution is 0.150. The fourth-order valence-electron chi connectivity index (χ4n) is 2.48. The molecule has 0 aromatic heterocycles. The van der Waals surface area contributed by atoms with E-state index in [0.717, 1.165) is 49.4 Å². The second-order valence-corrected chi connectivity index (χ2v) is 7.08. The number of nitrogens with one attached hydrogen (secondary N) is 1. The van der Waals surface area contributed by atoms with Crippen LogP contribution >= 0.6 is 15.9 Å². The van der Waals surface area contributed by atoms with Crippen molar-refractivity contribution < 1.29 is 9.47 Å². The standard InChI is InChI=1S/C16H24BrNO2/c1-16(2,5-7-19-3)11-18-10-13-9-14(17)8-12-4-6-20-15(12)13/h8-9,18H,4-7,10-11H2,1-3H3. The van der Waals surface area contributed by atoms with Crippen LogP contribution in [0.2, 0.25) is 0 Å². The number of ether oxygens (including phenoxy) is 2. The van der Waals surface area contributed by atoms with E-state index in [4.69, 9.17) is 9.47 Å². The molecule has 112 valence electrons. The molecule has 0 bridgehead atoms. The minimum atomic E-state index is 0.242. The maximum absolute atomic E-state index is 5.75. The Balaban J connectivity index is 1.92. The molecule has 0 atom stereocenters. The summed E-state index contributed by atoms with van der Waals surface area (Å²) >= 11 is 3.58. The van der Waals surface area contributed by atoms with Crippen molar-refractivity contribution in [2.24, 2.45) is 5.41 Å². The minimum absolute atomic E-state index is 0.242. The van der Waals surface area contributed by atoms with Gasteiger partial charge in [-0.05, 0) is 29.5 Å². The number of rotatable bonds is 7. The van der Waals surface area contributed by atoms with Crippen LogP contribution in [0, 0.1) is 5.41 Å². The van der Waals surface area contributed by atoms with Crippen molar-refractivity contribution in [3.05, 3.63) is 27.7 Å². The van der Waals surface area contributed by atoms with Crippen LogP contribution in [0.5, 0.6) is 5.75 Å². The summed E-state index contributed by atoms with van der Waals surface area (Å²) in [6.07, 6.45) is 2.07. The van der Waals surface area contributed by atoms with E-state index in [1.165, 1.54) is 11.1 Å². The average Bonchev–Trinajstić information content (AvgIpc) is 2.84. The van der Waals surface area contributed by atoms with E-state index < -0.39 is 0 Å². The molecule has 0 saturated carbocycles. The summed E-state index contributed by atoms with van der Waals surface area (Å²) < 4.78 is 12.1. The molecule has 3 nitrogen and oxygen atoms in total. The fourth-order valence-corrected chi connectivity index (χ4v) is 3.03. The molecule has 0 amide bonds. The number of hydrogen-bond donors (Lipinski definition) is 1. The van der Waals surface area contributed by atoms with Gasteiger partial charge in [0.25, 0.3) is 0 Å². The van der Waals surface area contributed by atoms with Crippen molar-refractivity contribution in [3.8, 4) is 5.75 Å². The number of halogens is 1. The van der Waals surface area contributed by atoms with Crippen LogP contribution in [-0.2, 0) is 17.7 Å². The van der Waals surface area contributed by atoms with Crippen molar-refractivity contribution in [2.45, 2.75) is 33.2 Å². The third-order valence-electron chi connectivity index (χ3n) is 3.73. The largest absolute Gasteiger partial charge is 0.493 e. The maximum atomic E-state index is 5.75. The summed E-state index contributed by atoms with van der Waals surface area (Å²) in [7, 11) is 1.76. The van der Waals surface area contributed by atoms with Gasteiger partial charge < -0.3 is 14.8 Å². The highest BCUT2D eigenvalue weighted by atomic mass is 79.9. The molecule has 1 heterocycles. The quantitative estimate of drug-likeness (QED) is 0.822. The first kappa shape index (κ1) is 15.8. The molecule has 20 heavy (non-hydrogen) atoms. The normalized spacial score (nSPS) is 14.2. The van der Waals surface area contributed by atoms with Gasteiger partial charge in [0, 0.05) is 43.3 Å². The molecular weight excluding hydrogens is 318 g/mol. The molecule has 4 heteroatoms. The third-order valence-corrected chi connectivity index (χ3v) is 4.19. The Hall–Kier alpha value is -0.580. The van der Waals surface area contributed by atoms with E-state index in [9.17, 15) is 0 Å². The van der Waals surface area contributed by atoms with Gasteiger partial charge in [-0.1, -0.05) is 29.8 Å². The Morgan fingerprint density at radius 2 is 2.20 bits per heavy atom.